The summed E-state index contributed by atoms with van der Waals surface area (Å²) in [6.45, 7) is 18.4. The average molecular weight is 593 g/mol. The van der Waals surface area contributed by atoms with E-state index in [-0.39, 0.29) is 62.8 Å². The smallest absolute Gasteiger partial charge is 0.409 e. The van der Waals surface area contributed by atoms with Crippen molar-refractivity contribution < 1.29 is 23.9 Å². The summed E-state index contributed by atoms with van der Waals surface area (Å²) in [5, 5.41) is 9.98. The van der Waals surface area contributed by atoms with Crippen LogP contribution in [0.25, 0.3) is 0 Å². The fourth-order valence-corrected chi connectivity index (χ4v) is 11.7. The number of amides is 1. The molecule has 8 atom stereocenters. The molecule has 5 fully saturated rings. The number of carbonyl (C=O) groups is 3. The van der Waals surface area contributed by atoms with Gasteiger partial charge in [0.25, 0.3) is 0 Å². The lowest BCUT2D eigenvalue weighted by Gasteiger charge is -2.72. The molecule has 6 aliphatic rings. The maximum absolute atomic E-state index is 14.7. The van der Waals surface area contributed by atoms with Crippen LogP contribution in [0.4, 0.5) is 4.79 Å². The number of ether oxygens (including phenoxy) is 2. The van der Waals surface area contributed by atoms with Gasteiger partial charge in [0.15, 0.2) is 5.78 Å². The number of hydrogen-bond acceptors (Lipinski definition) is 6. The highest BCUT2D eigenvalue weighted by Crippen LogP contribution is 2.75. The summed E-state index contributed by atoms with van der Waals surface area (Å²) in [6, 6.07) is 2.23. The van der Waals surface area contributed by atoms with Crippen molar-refractivity contribution in [1.82, 2.24) is 4.90 Å². The fraction of sp³-hybridized carbons (Fsp3) is 0.833. The van der Waals surface area contributed by atoms with Gasteiger partial charge in [-0.2, -0.15) is 5.26 Å². The van der Waals surface area contributed by atoms with Gasteiger partial charge >= 0.3 is 6.09 Å². The maximum atomic E-state index is 14.7. The molecule has 236 valence electrons. The standard InChI is InChI=1S/C36H52N2O5/c1-31(2)10-12-36(22-43-30(41)38-14-16-42-17-15-38)13-11-35(7)28(24(36)20-31)25(39)18-27-33(5)19-23(21-37)29(40)32(3,4)26(33)8-9-34(27,35)6/h19,24,26-28H,8-18,20,22H2,1-7H3/t24?,26-,27?,28?,33-,34+,35+,36+/m0/s1. The highest BCUT2D eigenvalue weighted by Gasteiger charge is 2.72. The summed E-state index contributed by atoms with van der Waals surface area (Å²) < 4.78 is 11.6. The summed E-state index contributed by atoms with van der Waals surface area (Å²) in [6.07, 6.45) is 9.02. The van der Waals surface area contributed by atoms with Gasteiger partial charge in [-0.25, -0.2) is 4.79 Å². The molecule has 7 heteroatoms. The van der Waals surface area contributed by atoms with Gasteiger partial charge in [-0.05, 0) is 84.4 Å². The number of hydrogen-bond donors (Lipinski definition) is 0. The molecule has 4 saturated carbocycles. The third kappa shape index (κ3) is 4.32. The fourth-order valence-electron chi connectivity index (χ4n) is 11.7. The summed E-state index contributed by atoms with van der Waals surface area (Å²) in [5.74, 6) is 0.559. The van der Waals surface area contributed by atoms with Crippen molar-refractivity contribution in [3.8, 4) is 6.07 Å². The first-order chi connectivity index (χ1) is 20.0. The lowest BCUT2D eigenvalue weighted by atomic mass is 9.31. The lowest BCUT2D eigenvalue weighted by Crippen LogP contribution is -2.69. The first-order valence-corrected chi connectivity index (χ1v) is 16.7. The van der Waals surface area contributed by atoms with E-state index in [1.165, 1.54) is 0 Å². The van der Waals surface area contributed by atoms with Crippen LogP contribution in [-0.4, -0.2) is 55.5 Å². The predicted octanol–water partition coefficient (Wildman–Crippen LogP) is 6.75. The molecule has 1 saturated heterocycles. The highest BCUT2D eigenvalue weighted by molar-refractivity contribution is 6.04. The molecule has 0 aromatic heterocycles. The molecule has 1 heterocycles. The number of fused-ring (bicyclic) bond motifs is 7. The van der Waals surface area contributed by atoms with Crippen molar-refractivity contribution in [3.05, 3.63) is 11.6 Å². The van der Waals surface area contributed by atoms with Gasteiger partial charge in [0.05, 0.1) is 25.4 Å². The van der Waals surface area contributed by atoms with Crippen molar-refractivity contribution in [2.24, 2.45) is 56.2 Å². The monoisotopic (exact) mass is 592 g/mol. The SMILES string of the molecule is CC1(C)CC[C@]2(COC(=O)N3CCOCC3)CC[C@]3(C)C(C(=O)CC4[C@@]5(C)C=C(C#N)C(=O)C(C)(C)[C@@H]5CC[C@]43C)C2C1. The zero-order valence-electron chi connectivity index (χ0n) is 27.5. The molecule has 0 radical (unpaired) electrons. The highest BCUT2D eigenvalue weighted by atomic mass is 16.6. The van der Waals surface area contributed by atoms with E-state index in [1.807, 2.05) is 19.9 Å². The second-order valence-corrected chi connectivity index (χ2v) is 17.2. The Morgan fingerprint density at radius 3 is 2.33 bits per heavy atom. The topological polar surface area (TPSA) is 96.7 Å². The quantitative estimate of drug-likeness (QED) is 0.352. The van der Waals surface area contributed by atoms with Gasteiger partial charge in [0.1, 0.15) is 11.9 Å². The van der Waals surface area contributed by atoms with Crippen LogP contribution in [0.5, 0.6) is 0 Å². The molecule has 7 nitrogen and oxygen atoms in total. The predicted molar refractivity (Wildman–Crippen MR) is 163 cm³/mol. The summed E-state index contributed by atoms with van der Waals surface area (Å²) in [7, 11) is 0. The lowest BCUT2D eigenvalue weighted by molar-refractivity contribution is -0.226. The molecule has 3 unspecified atom stereocenters. The third-order valence-electron chi connectivity index (χ3n) is 14.4. The Balaban J connectivity index is 1.36. The Bertz CT molecular complexity index is 1290. The van der Waals surface area contributed by atoms with E-state index in [9.17, 15) is 19.6 Å². The van der Waals surface area contributed by atoms with Crippen LogP contribution in [0.15, 0.2) is 11.6 Å². The van der Waals surface area contributed by atoms with Crippen LogP contribution in [-0.2, 0) is 19.1 Å². The van der Waals surface area contributed by atoms with Crippen molar-refractivity contribution in [2.75, 3.05) is 32.9 Å². The minimum Gasteiger partial charge on any atom is -0.449 e. The summed E-state index contributed by atoms with van der Waals surface area (Å²) in [5.41, 5.74) is -1.13. The van der Waals surface area contributed by atoms with Crippen LogP contribution in [0, 0.1) is 67.5 Å². The Morgan fingerprint density at radius 2 is 1.65 bits per heavy atom. The van der Waals surface area contributed by atoms with Crippen LogP contribution in [0.2, 0.25) is 0 Å². The normalized spacial score (nSPS) is 45.0. The van der Waals surface area contributed by atoms with Crippen molar-refractivity contribution in [3.63, 3.8) is 0 Å². The number of ketones is 2. The molecule has 0 aromatic carbocycles. The Morgan fingerprint density at radius 1 is 0.977 bits per heavy atom. The maximum Gasteiger partial charge on any atom is 0.409 e. The van der Waals surface area contributed by atoms with Crippen molar-refractivity contribution in [1.29, 1.82) is 5.26 Å². The number of carbonyl (C=O) groups excluding carboxylic acids is 3. The number of nitriles is 1. The first-order valence-electron chi connectivity index (χ1n) is 16.7. The molecule has 5 aliphatic carbocycles. The average Bonchev–Trinajstić information content (AvgIpc) is 2.95. The number of morpholine rings is 1. The van der Waals surface area contributed by atoms with E-state index in [2.05, 4.69) is 40.7 Å². The third-order valence-corrected chi connectivity index (χ3v) is 14.4. The Labute approximate surface area is 258 Å². The first kappa shape index (κ1) is 30.8. The van der Waals surface area contributed by atoms with Crippen LogP contribution in [0.1, 0.15) is 99.8 Å². The van der Waals surface area contributed by atoms with Gasteiger partial charge < -0.3 is 14.4 Å². The number of Topliss-reactive ketones (excluding diaryl/α,β-unsaturated/α-hetero) is 2. The molecule has 0 aromatic rings. The minimum atomic E-state index is -0.629. The van der Waals surface area contributed by atoms with Crippen molar-refractivity contribution in [2.45, 2.75) is 99.8 Å². The zero-order chi connectivity index (χ0) is 31.2. The number of allylic oxidation sites excluding steroid dienone is 2. The molecule has 43 heavy (non-hydrogen) atoms. The minimum absolute atomic E-state index is 0.0502. The van der Waals surface area contributed by atoms with E-state index in [0.717, 1.165) is 44.9 Å². The summed E-state index contributed by atoms with van der Waals surface area (Å²) >= 11 is 0. The molecule has 0 N–H and O–H groups in total. The van der Waals surface area contributed by atoms with Crippen LogP contribution in [0.3, 0.4) is 0 Å². The van der Waals surface area contributed by atoms with E-state index in [0.29, 0.717) is 45.1 Å². The Kier molecular flexibility index (Phi) is 7.09. The van der Waals surface area contributed by atoms with Gasteiger partial charge in [0.2, 0.25) is 0 Å². The van der Waals surface area contributed by atoms with E-state index in [4.69, 9.17) is 9.47 Å². The Hall–Kier alpha value is -2.20. The molecule has 1 amide bonds. The zero-order valence-corrected chi connectivity index (χ0v) is 27.5. The summed E-state index contributed by atoms with van der Waals surface area (Å²) in [4.78, 5) is 42.9. The molecule has 6 rings (SSSR count). The number of nitrogens with zero attached hydrogens (tertiary/aromatic N) is 2. The van der Waals surface area contributed by atoms with E-state index < -0.39 is 10.8 Å². The van der Waals surface area contributed by atoms with E-state index in [1.54, 1.807) is 4.90 Å². The molecule has 0 bridgehead atoms. The van der Waals surface area contributed by atoms with Gasteiger partial charge in [-0.1, -0.05) is 54.5 Å². The van der Waals surface area contributed by atoms with Gasteiger partial charge in [0, 0.05) is 36.3 Å². The largest absolute Gasteiger partial charge is 0.449 e. The van der Waals surface area contributed by atoms with E-state index >= 15 is 0 Å². The molecule has 1 aliphatic heterocycles. The molecule has 0 spiro atoms. The van der Waals surface area contributed by atoms with Crippen LogP contribution < -0.4 is 0 Å². The van der Waals surface area contributed by atoms with Crippen molar-refractivity contribution >= 4 is 17.7 Å². The van der Waals surface area contributed by atoms with Crippen LogP contribution >= 0.6 is 0 Å². The molecular formula is C36H52N2O5. The molecular weight excluding hydrogens is 540 g/mol. The second-order valence-electron chi connectivity index (χ2n) is 17.2. The number of rotatable bonds is 2. The van der Waals surface area contributed by atoms with Gasteiger partial charge in [-0.15, -0.1) is 0 Å². The van der Waals surface area contributed by atoms with Gasteiger partial charge in [-0.3, -0.25) is 9.59 Å². The second kappa shape index (κ2) is 9.90.